The third-order valence-corrected chi connectivity index (χ3v) is 2.92. The number of carbonyl (C=O) groups excluding carboxylic acids is 3. The van der Waals surface area contributed by atoms with Crippen LogP contribution in [0.5, 0.6) is 0 Å². The van der Waals surface area contributed by atoms with Gasteiger partial charge in [0.05, 0.1) is 13.2 Å². The normalized spacial score (nSPS) is 11.0. The number of nitrogens with one attached hydrogen (secondary N) is 1. The largest absolute Gasteiger partial charge is 0.464 e. The van der Waals surface area contributed by atoms with Gasteiger partial charge in [-0.05, 0) is 19.4 Å². The number of carbonyl (C=O) groups is 3. The number of hydrogen-bond acceptors (Lipinski definition) is 7. The van der Waals surface area contributed by atoms with Crippen molar-refractivity contribution in [1.29, 1.82) is 0 Å². The fraction of sp³-hybridized carbons (Fsp3) is 0.375. The molecule has 8 nitrogen and oxygen atoms in total. The summed E-state index contributed by atoms with van der Waals surface area (Å²) in [7, 11) is 0. The van der Waals surface area contributed by atoms with E-state index in [9.17, 15) is 14.4 Å². The fourth-order valence-electron chi connectivity index (χ4n) is 1.83. The van der Waals surface area contributed by atoms with Crippen LogP contribution in [-0.4, -0.2) is 48.0 Å². The van der Waals surface area contributed by atoms with Gasteiger partial charge in [-0.25, -0.2) is 9.59 Å². The highest BCUT2D eigenvalue weighted by molar-refractivity contribution is 6.40. The molecular weight excluding hydrogens is 316 g/mol. The summed E-state index contributed by atoms with van der Waals surface area (Å²) in [5, 5.41) is 14.2. The summed E-state index contributed by atoms with van der Waals surface area (Å²) in [6.07, 6.45) is 0.0293. The lowest BCUT2D eigenvalue weighted by molar-refractivity contribution is -0.159. The second kappa shape index (κ2) is 9.98. The molecule has 1 rings (SSSR count). The van der Waals surface area contributed by atoms with Crippen LogP contribution in [0.4, 0.5) is 0 Å². The minimum absolute atomic E-state index is 0.0293. The summed E-state index contributed by atoms with van der Waals surface area (Å²) in [6, 6.07) is 7.20. The van der Waals surface area contributed by atoms with Crippen molar-refractivity contribution in [2.24, 2.45) is 5.16 Å². The third kappa shape index (κ3) is 5.71. The lowest BCUT2D eigenvalue weighted by Crippen LogP contribution is -2.50. The van der Waals surface area contributed by atoms with Crippen LogP contribution in [-0.2, 0) is 30.3 Å². The van der Waals surface area contributed by atoms with Crippen molar-refractivity contribution >= 4 is 23.6 Å². The van der Waals surface area contributed by atoms with E-state index in [4.69, 9.17) is 14.7 Å². The van der Waals surface area contributed by atoms with Crippen molar-refractivity contribution in [3.63, 3.8) is 0 Å². The molecule has 0 aromatic heterocycles. The van der Waals surface area contributed by atoms with Gasteiger partial charge in [0.15, 0.2) is 0 Å². The number of benzene rings is 1. The predicted molar refractivity (Wildman–Crippen MR) is 84.6 cm³/mol. The van der Waals surface area contributed by atoms with Crippen molar-refractivity contribution in [2.45, 2.75) is 26.3 Å². The Morgan fingerprint density at radius 2 is 1.62 bits per heavy atom. The van der Waals surface area contributed by atoms with Crippen molar-refractivity contribution in [2.75, 3.05) is 13.2 Å². The van der Waals surface area contributed by atoms with Gasteiger partial charge >= 0.3 is 11.9 Å². The first kappa shape index (κ1) is 19.1. The molecule has 0 fully saturated rings. The molecule has 0 aliphatic rings. The molecule has 0 heterocycles. The Labute approximate surface area is 139 Å². The average Bonchev–Trinajstić information content (AvgIpc) is 2.58. The zero-order valence-electron chi connectivity index (χ0n) is 13.5. The summed E-state index contributed by atoms with van der Waals surface area (Å²) in [5.74, 6) is -2.75. The van der Waals surface area contributed by atoms with Crippen LogP contribution in [0, 0.1) is 0 Å². The quantitative estimate of drug-likeness (QED) is 0.237. The second-order valence-corrected chi connectivity index (χ2v) is 4.62. The summed E-state index contributed by atoms with van der Waals surface area (Å²) >= 11 is 0. The average molecular weight is 336 g/mol. The Morgan fingerprint density at radius 1 is 1.08 bits per heavy atom. The molecule has 130 valence electrons. The zero-order valence-corrected chi connectivity index (χ0v) is 13.5. The number of amides is 1. The van der Waals surface area contributed by atoms with Gasteiger partial charge in [-0.2, -0.15) is 0 Å². The summed E-state index contributed by atoms with van der Waals surface area (Å²) < 4.78 is 9.49. The number of hydrogen-bond donors (Lipinski definition) is 2. The first-order chi connectivity index (χ1) is 11.5. The molecule has 0 unspecified atom stereocenters. The van der Waals surface area contributed by atoms with Crippen LogP contribution in [0.1, 0.15) is 19.4 Å². The van der Waals surface area contributed by atoms with Crippen molar-refractivity contribution < 1.29 is 29.1 Å². The smallest absolute Gasteiger partial charge is 0.340 e. The second-order valence-electron chi connectivity index (χ2n) is 4.62. The lowest BCUT2D eigenvalue weighted by Gasteiger charge is -2.16. The molecule has 0 bridgehead atoms. The Bertz CT molecular complexity index is 582. The van der Waals surface area contributed by atoms with E-state index >= 15 is 0 Å². The van der Waals surface area contributed by atoms with Crippen molar-refractivity contribution in [1.82, 2.24) is 5.32 Å². The molecule has 0 aliphatic carbocycles. The molecule has 1 aromatic rings. The molecule has 1 aromatic carbocycles. The van der Waals surface area contributed by atoms with E-state index in [1.54, 1.807) is 44.2 Å². The highest BCUT2D eigenvalue weighted by Gasteiger charge is 2.32. The van der Waals surface area contributed by atoms with E-state index in [2.05, 4.69) is 10.5 Å². The molecule has 0 saturated carbocycles. The highest BCUT2D eigenvalue weighted by Crippen LogP contribution is 2.02. The van der Waals surface area contributed by atoms with Gasteiger partial charge in [0.1, 0.15) is 5.71 Å². The van der Waals surface area contributed by atoms with Gasteiger partial charge in [-0.1, -0.05) is 35.5 Å². The Morgan fingerprint density at radius 3 is 2.08 bits per heavy atom. The van der Waals surface area contributed by atoms with E-state index in [1.165, 1.54) is 0 Å². The maximum absolute atomic E-state index is 12.2. The number of esters is 2. The Balaban J connectivity index is 2.84. The maximum Gasteiger partial charge on any atom is 0.340 e. The molecule has 8 heteroatoms. The van der Waals surface area contributed by atoms with E-state index in [-0.39, 0.29) is 25.3 Å². The van der Waals surface area contributed by atoms with Gasteiger partial charge in [0.25, 0.3) is 5.91 Å². The number of ether oxygens (including phenoxy) is 2. The molecule has 0 radical (unpaired) electrons. The van der Waals surface area contributed by atoms with Crippen molar-refractivity contribution in [3.05, 3.63) is 35.9 Å². The SMILES string of the molecule is CCOC(=O)C(NC(=O)/C(Cc1ccccc1)=N\O)C(=O)OCC. The molecule has 2 N–H and O–H groups in total. The van der Waals surface area contributed by atoms with Gasteiger partial charge in [0, 0.05) is 6.42 Å². The van der Waals surface area contributed by atoms with Gasteiger partial charge in [-0.15, -0.1) is 0 Å². The van der Waals surface area contributed by atoms with Crippen LogP contribution in [0.3, 0.4) is 0 Å². The monoisotopic (exact) mass is 336 g/mol. The van der Waals surface area contributed by atoms with Crippen LogP contribution in [0.2, 0.25) is 0 Å². The van der Waals surface area contributed by atoms with Gasteiger partial charge in [-0.3, -0.25) is 4.79 Å². The van der Waals surface area contributed by atoms with E-state index in [1.807, 2.05) is 0 Å². The molecular formula is C16H20N2O6. The molecule has 1 amide bonds. The number of nitrogens with zero attached hydrogens (tertiary/aromatic N) is 1. The van der Waals surface area contributed by atoms with E-state index in [0.29, 0.717) is 0 Å². The molecule has 24 heavy (non-hydrogen) atoms. The van der Waals surface area contributed by atoms with Crippen LogP contribution < -0.4 is 5.32 Å². The van der Waals surface area contributed by atoms with E-state index in [0.717, 1.165) is 5.56 Å². The van der Waals surface area contributed by atoms with Gasteiger partial charge < -0.3 is 20.0 Å². The molecule has 0 aliphatic heterocycles. The van der Waals surface area contributed by atoms with Crippen LogP contribution in [0.25, 0.3) is 0 Å². The first-order valence-electron chi connectivity index (χ1n) is 7.42. The van der Waals surface area contributed by atoms with E-state index < -0.39 is 23.9 Å². The summed E-state index contributed by atoms with van der Waals surface area (Å²) in [6.45, 7) is 3.21. The van der Waals surface area contributed by atoms with Crippen LogP contribution in [0.15, 0.2) is 35.5 Å². The standard InChI is InChI=1S/C16H20N2O6/c1-3-23-15(20)13(16(21)24-4-2)17-14(19)12(18-22)10-11-8-6-5-7-9-11/h5-9,13,22H,3-4,10H2,1-2H3,(H,17,19)/b18-12-. The minimum atomic E-state index is -1.62. The maximum atomic E-state index is 12.2. The summed E-state index contributed by atoms with van der Waals surface area (Å²) in [5.41, 5.74) is 0.476. The number of rotatable bonds is 8. The Kier molecular flexibility index (Phi) is 7.97. The predicted octanol–water partition coefficient (Wildman–Crippen LogP) is 0.670. The van der Waals surface area contributed by atoms with Gasteiger partial charge in [0.2, 0.25) is 6.04 Å². The molecule has 0 saturated heterocycles. The summed E-state index contributed by atoms with van der Waals surface area (Å²) in [4.78, 5) is 35.8. The third-order valence-electron chi connectivity index (χ3n) is 2.92. The molecule has 0 spiro atoms. The number of oxime groups is 1. The highest BCUT2D eigenvalue weighted by atomic mass is 16.6. The van der Waals surface area contributed by atoms with Crippen molar-refractivity contribution in [3.8, 4) is 0 Å². The fourth-order valence-corrected chi connectivity index (χ4v) is 1.83. The lowest BCUT2D eigenvalue weighted by atomic mass is 10.1. The Hall–Kier alpha value is -2.90. The minimum Gasteiger partial charge on any atom is -0.464 e. The zero-order chi connectivity index (χ0) is 17.9. The van der Waals surface area contributed by atoms with Crippen LogP contribution >= 0.6 is 0 Å². The topological polar surface area (TPSA) is 114 Å². The molecule has 0 atom stereocenters. The first-order valence-corrected chi connectivity index (χ1v) is 7.42.